The molecule has 0 heterocycles. The van der Waals surface area contributed by atoms with E-state index in [1.165, 1.54) is 13.2 Å². The molecule has 162 valence electrons. The molecule has 1 amide bonds. The zero-order valence-corrected chi connectivity index (χ0v) is 18.4. The van der Waals surface area contributed by atoms with E-state index in [2.05, 4.69) is 5.32 Å². The maximum Gasteiger partial charge on any atom is 0.261 e. The molecule has 0 saturated heterocycles. The SMILES string of the molecule is COc1cc(/C=C(/C#N)C(=O)NCCc2ccccc2)ccc1OCc1ccccc1Cl. The number of methoxy groups -OCH3 is 1. The van der Waals surface area contributed by atoms with Crippen LogP contribution in [0.3, 0.4) is 0 Å². The fourth-order valence-electron chi connectivity index (χ4n) is 3.04. The van der Waals surface area contributed by atoms with Crippen molar-refractivity contribution in [2.24, 2.45) is 0 Å². The van der Waals surface area contributed by atoms with E-state index in [1.807, 2.05) is 54.6 Å². The van der Waals surface area contributed by atoms with Crippen LogP contribution >= 0.6 is 11.6 Å². The first kappa shape index (κ1) is 22.9. The monoisotopic (exact) mass is 446 g/mol. The maximum atomic E-state index is 12.4. The van der Waals surface area contributed by atoms with E-state index in [0.29, 0.717) is 41.7 Å². The van der Waals surface area contributed by atoms with E-state index in [1.54, 1.807) is 24.3 Å². The third-order valence-corrected chi connectivity index (χ3v) is 5.12. The van der Waals surface area contributed by atoms with Crippen LogP contribution in [0.5, 0.6) is 11.5 Å². The first-order valence-corrected chi connectivity index (χ1v) is 10.5. The first-order chi connectivity index (χ1) is 15.6. The summed E-state index contributed by atoms with van der Waals surface area (Å²) in [6.45, 7) is 0.735. The number of ether oxygens (including phenoxy) is 2. The minimum absolute atomic E-state index is 0.0184. The minimum Gasteiger partial charge on any atom is -0.493 e. The number of hydrogen-bond acceptors (Lipinski definition) is 4. The molecule has 0 bridgehead atoms. The molecular formula is C26H23ClN2O3. The average Bonchev–Trinajstić information content (AvgIpc) is 2.83. The molecule has 1 N–H and O–H groups in total. The van der Waals surface area contributed by atoms with E-state index in [4.69, 9.17) is 21.1 Å². The summed E-state index contributed by atoms with van der Waals surface area (Å²) in [4.78, 5) is 12.4. The lowest BCUT2D eigenvalue weighted by Gasteiger charge is -2.12. The van der Waals surface area contributed by atoms with Gasteiger partial charge >= 0.3 is 0 Å². The van der Waals surface area contributed by atoms with Crippen LogP contribution in [0.2, 0.25) is 5.02 Å². The molecule has 0 atom stereocenters. The highest BCUT2D eigenvalue weighted by Gasteiger charge is 2.11. The lowest BCUT2D eigenvalue weighted by molar-refractivity contribution is -0.117. The summed E-state index contributed by atoms with van der Waals surface area (Å²) >= 11 is 6.18. The summed E-state index contributed by atoms with van der Waals surface area (Å²) in [5, 5.41) is 12.9. The lowest BCUT2D eigenvalue weighted by atomic mass is 10.1. The molecule has 0 saturated carbocycles. The van der Waals surface area contributed by atoms with Gasteiger partial charge in [-0.25, -0.2) is 0 Å². The zero-order valence-electron chi connectivity index (χ0n) is 17.7. The van der Waals surface area contributed by atoms with Crippen molar-refractivity contribution in [2.45, 2.75) is 13.0 Å². The van der Waals surface area contributed by atoms with Crippen molar-refractivity contribution in [3.63, 3.8) is 0 Å². The number of amides is 1. The largest absolute Gasteiger partial charge is 0.493 e. The van der Waals surface area contributed by atoms with Gasteiger partial charge in [-0.15, -0.1) is 0 Å². The Hall–Kier alpha value is -3.75. The maximum absolute atomic E-state index is 12.4. The highest BCUT2D eigenvalue weighted by Crippen LogP contribution is 2.30. The van der Waals surface area contributed by atoms with Crippen LogP contribution in [0.4, 0.5) is 0 Å². The summed E-state index contributed by atoms with van der Waals surface area (Å²) in [7, 11) is 1.53. The minimum atomic E-state index is -0.415. The van der Waals surface area contributed by atoms with Crippen LogP contribution in [0, 0.1) is 11.3 Å². The van der Waals surface area contributed by atoms with E-state index in [9.17, 15) is 10.1 Å². The molecular weight excluding hydrogens is 424 g/mol. The van der Waals surface area contributed by atoms with Gasteiger partial charge < -0.3 is 14.8 Å². The molecule has 0 aliphatic heterocycles. The molecule has 0 fully saturated rings. The molecule has 32 heavy (non-hydrogen) atoms. The number of carbonyl (C=O) groups is 1. The second kappa shape index (κ2) is 11.6. The number of nitrogens with one attached hydrogen (secondary N) is 1. The van der Waals surface area contributed by atoms with E-state index < -0.39 is 5.91 Å². The van der Waals surface area contributed by atoms with Crippen molar-refractivity contribution < 1.29 is 14.3 Å². The number of hydrogen-bond donors (Lipinski definition) is 1. The molecule has 0 aliphatic carbocycles. The number of rotatable bonds is 9. The first-order valence-electron chi connectivity index (χ1n) is 10.1. The fraction of sp³-hybridized carbons (Fsp3) is 0.154. The third kappa shape index (κ3) is 6.37. The van der Waals surface area contributed by atoms with Crippen LogP contribution in [-0.4, -0.2) is 19.6 Å². The zero-order chi connectivity index (χ0) is 22.8. The van der Waals surface area contributed by atoms with Crippen LogP contribution in [0.1, 0.15) is 16.7 Å². The number of halogens is 1. The molecule has 0 unspecified atom stereocenters. The molecule has 6 heteroatoms. The van der Waals surface area contributed by atoms with Gasteiger partial charge in [-0.2, -0.15) is 5.26 Å². The quantitative estimate of drug-likeness (QED) is 0.362. The molecule has 0 aliphatic rings. The van der Waals surface area contributed by atoms with Gasteiger partial charge in [0.1, 0.15) is 18.2 Å². The van der Waals surface area contributed by atoms with Crippen molar-refractivity contribution in [3.05, 3.63) is 100 Å². The molecule has 3 aromatic rings. The van der Waals surface area contributed by atoms with Crippen LogP contribution in [0.15, 0.2) is 78.4 Å². The smallest absolute Gasteiger partial charge is 0.261 e. The van der Waals surface area contributed by atoms with Crippen molar-refractivity contribution in [1.82, 2.24) is 5.32 Å². The average molecular weight is 447 g/mol. The highest BCUT2D eigenvalue weighted by atomic mass is 35.5. The predicted octanol–water partition coefficient (Wildman–Crippen LogP) is 5.19. The number of carbonyl (C=O) groups excluding carboxylic acids is 1. The summed E-state index contributed by atoms with van der Waals surface area (Å²) in [5.41, 5.74) is 2.65. The van der Waals surface area contributed by atoms with E-state index in [0.717, 1.165) is 11.1 Å². The number of nitrogens with zero attached hydrogens (tertiary/aromatic N) is 1. The van der Waals surface area contributed by atoms with E-state index in [-0.39, 0.29) is 5.57 Å². The van der Waals surface area contributed by atoms with Gasteiger partial charge in [-0.1, -0.05) is 66.2 Å². The highest BCUT2D eigenvalue weighted by molar-refractivity contribution is 6.31. The number of benzene rings is 3. The summed E-state index contributed by atoms with van der Waals surface area (Å²) in [6.07, 6.45) is 2.22. The normalized spacial score (nSPS) is 10.8. The molecule has 3 aromatic carbocycles. The van der Waals surface area contributed by atoms with Gasteiger partial charge in [0.2, 0.25) is 0 Å². The van der Waals surface area contributed by atoms with Gasteiger partial charge in [0.25, 0.3) is 5.91 Å². The van der Waals surface area contributed by atoms with Crippen molar-refractivity contribution in [3.8, 4) is 17.6 Å². The Morgan fingerprint density at radius 3 is 2.53 bits per heavy atom. The van der Waals surface area contributed by atoms with Gasteiger partial charge in [0, 0.05) is 17.1 Å². The fourth-order valence-corrected chi connectivity index (χ4v) is 3.23. The Labute approximate surface area is 192 Å². The van der Waals surface area contributed by atoms with Crippen LogP contribution < -0.4 is 14.8 Å². The molecule has 3 rings (SSSR count). The molecule has 0 spiro atoms. The van der Waals surface area contributed by atoms with Crippen molar-refractivity contribution in [1.29, 1.82) is 5.26 Å². The van der Waals surface area contributed by atoms with Gasteiger partial charge in [0.15, 0.2) is 11.5 Å². The Morgan fingerprint density at radius 2 is 1.81 bits per heavy atom. The summed E-state index contributed by atoms with van der Waals surface area (Å²) in [6, 6.07) is 24.5. The van der Waals surface area contributed by atoms with Crippen molar-refractivity contribution >= 4 is 23.6 Å². The lowest BCUT2D eigenvalue weighted by Crippen LogP contribution is -2.26. The second-order valence-corrected chi connectivity index (χ2v) is 7.36. The Balaban J connectivity index is 1.65. The number of nitriles is 1. The second-order valence-electron chi connectivity index (χ2n) is 6.95. The third-order valence-electron chi connectivity index (χ3n) is 4.75. The standard InChI is InChI=1S/C26H23ClN2O3/c1-31-25-16-20(11-12-24(25)32-18-21-9-5-6-10-23(21)27)15-22(17-28)26(30)29-14-13-19-7-3-2-4-8-19/h2-12,15-16H,13-14,18H2,1H3,(H,29,30)/b22-15-. The predicted molar refractivity (Wildman–Crippen MR) is 126 cm³/mol. The van der Waals surface area contributed by atoms with Gasteiger partial charge in [0.05, 0.1) is 7.11 Å². The Morgan fingerprint density at radius 1 is 1.06 bits per heavy atom. The Kier molecular flexibility index (Phi) is 8.30. The van der Waals surface area contributed by atoms with Gasteiger partial charge in [-0.05, 0) is 41.8 Å². The van der Waals surface area contributed by atoms with Crippen LogP contribution in [-0.2, 0) is 17.8 Å². The molecule has 0 radical (unpaired) electrons. The summed E-state index contributed by atoms with van der Waals surface area (Å²) < 4.78 is 11.3. The topological polar surface area (TPSA) is 71.3 Å². The van der Waals surface area contributed by atoms with E-state index >= 15 is 0 Å². The summed E-state index contributed by atoms with van der Waals surface area (Å²) in [5.74, 6) is 0.615. The molecule has 5 nitrogen and oxygen atoms in total. The molecule has 0 aromatic heterocycles. The Bertz CT molecular complexity index is 1140. The van der Waals surface area contributed by atoms with Crippen LogP contribution in [0.25, 0.3) is 6.08 Å². The van der Waals surface area contributed by atoms with Crippen molar-refractivity contribution in [2.75, 3.05) is 13.7 Å². The van der Waals surface area contributed by atoms with Gasteiger partial charge in [-0.3, -0.25) is 4.79 Å².